The van der Waals surface area contributed by atoms with E-state index in [2.05, 4.69) is 54.1 Å². The van der Waals surface area contributed by atoms with Crippen LogP contribution >= 0.6 is 8.25 Å². The molecule has 2 aromatic heterocycles. The molecule has 308 valence electrons. The minimum atomic E-state index is -3.19. The highest BCUT2D eigenvalue weighted by atomic mass is 31.1. The fourth-order valence-electron chi connectivity index (χ4n) is 6.66. The molecule has 1 fully saturated rings. The number of carbonyl (C=O) groups is 1. The zero-order valence-corrected chi connectivity index (χ0v) is 36.0. The van der Waals surface area contributed by atoms with Crippen LogP contribution in [0.4, 0.5) is 5.95 Å². The molecule has 1 saturated heterocycles. The van der Waals surface area contributed by atoms with Crippen molar-refractivity contribution in [2.45, 2.75) is 82.9 Å². The molecular formula is C41H51N5O10PSi+. The monoisotopic (exact) mass is 832 g/mol. The van der Waals surface area contributed by atoms with Crippen LogP contribution in [0.1, 0.15) is 57.5 Å². The van der Waals surface area contributed by atoms with Gasteiger partial charge >= 0.3 is 8.25 Å². The predicted octanol–water partition coefficient (Wildman–Crippen LogP) is 7.06. The van der Waals surface area contributed by atoms with E-state index in [0.717, 1.165) is 16.7 Å². The smallest absolute Gasteiger partial charge is 0.497 e. The Morgan fingerprint density at radius 3 is 2.03 bits per heavy atom. The van der Waals surface area contributed by atoms with Crippen molar-refractivity contribution in [3.8, 4) is 11.5 Å². The number of benzene rings is 3. The standard InChI is InChI=1S/C41H50N5O10PSi/c1-25(2)36(47)44-39-43-35-32(37(48)45-39)42-24-46(35)38-34(55-57(49)50)33(56-58(8,9)40(3,4)5)31(54-38)23-53-41(26-13-11-10-12-14-26,27-15-19-29(51-6)20-16-27)28-17-21-30(52-7)22-18-28/h10-22,24-25,31,33-34,38H,23H2,1-9H3,(H2-,43,44,45,47,48,49,50)/p+1/t31-,33?,34+,38-/m1/s1. The number of nitrogens with zero attached hydrogens (tertiary/aromatic N) is 3. The molecule has 0 radical (unpaired) electrons. The number of nitrogens with one attached hydrogen (secondary N) is 2. The van der Waals surface area contributed by atoms with E-state index in [1.54, 1.807) is 28.1 Å². The van der Waals surface area contributed by atoms with Gasteiger partial charge in [0.05, 0.1) is 27.2 Å². The predicted molar refractivity (Wildman–Crippen MR) is 221 cm³/mol. The molecule has 3 aromatic carbocycles. The molecular weight excluding hydrogens is 782 g/mol. The van der Waals surface area contributed by atoms with Gasteiger partial charge < -0.3 is 23.4 Å². The molecule has 6 rings (SSSR count). The van der Waals surface area contributed by atoms with Crippen molar-refractivity contribution < 1.29 is 42.2 Å². The van der Waals surface area contributed by atoms with Crippen LogP contribution in [-0.4, -0.2) is 77.8 Å². The van der Waals surface area contributed by atoms with Crippen LogP contribution < -0.4 is 20.3 Å². The van der Waals surface area contributed by atoms with E-state index in [9.17, 15) is 19.0 Å². The number of aromatic amines is 1. The number of hydrogen-bond donors (Lipinski definition) is 3. The summed E-state index contributed by atoms with van der Waals surface area (Å²) >= 11 is 0. The first-order valence-electron chi connectivity index (χ1n) is 18.9. The van der Waals surface area contributed by atoms with E-state index in [4.69, 9.17) is 27.9 Å². The van der Waals surface area contributed by atoms with E-state index in [1.165, 1.54) is 10.9 Å². The van der Waals surface area contributed by atoms with Crippen LogP contribution in [0.15, 0.2) is 90.0 Å². The fourth-order valence-corrected chi connectivity index (χ4v) is 8.41. The van der Waals surface area contributed by atoms with Gasteiger partial charge in [0.2, 0.25) is 11.9 Å². The Bertz CT molecular complexity index is 2230. The second-order valence-electron chi connectivity index (χ2n) is 15.9. The van der Waals surface area contributed by atoms with Crippen molar-refractivity contribution in [2.75, 3.05) is 26.1 Å². The van der Waals surface area contributed by atoms with Crippen molar-refractivity contribution in [3.63, 3.8) is 0 Å². The number of imidazole rings is 1. The molecule has 0 saturated carbocycles. The van der Waals surface area contributed by atoms with E-state index in [-0.39, 0.29) is 34.7 Å². The minimum Gasteiger partial charge on any atom is -0.497 e. The molecule has 58 heavy (non-hydrogen) atoms. The Morgan fingerprint density at radius 2 is 1.52 bits per heavy atom. The molecule has 0 spiro atoms. The van der Waals surface area contributed by atoms with Crippen molar-refractivity contribution >= 4 is 39.6 Å². The van der Waals surface area contributed by atoms with Crippen molar-refractivity contribution in [1.29, 1.82) is 0 Å². The summed E-state index contributed by atoms with van der Waals surface area (Å²) in [6.45, 7) is 13.7. The summed E-state index contributed by atoms with van der Waals surface area (Å²) in [7, 11) is -2.66. The quantitative estimate of drug-likeness (QED) is 0.0555. The molecule has 0 aliphatic carbocycles. The third-order valence-corrected chi connectivity index (χ3v) is 15.7. The number of carbonyl (C=O) groups excluding carboxylic acids is 1. The van der Waals surface area contributed by atoms with Gasteiger partial charge in [-0.25, -0.2) is 4.98 Å². The summed E-state index contributed by atoms with van der Waals surface area (Å²) in [6.07, 6.45) is -2.93. The molecule has 5 aromatic rings. The highest BCUT2D eigenvalue weighted by molar-refractivity contribution is 7.32. The second-order valence-corrected chi connectivity index (χ2v) is 21.4. The van der Waals surface area contributed by atoms with Gasteiger partial charge in [-0.05, 0) is 59.1 Å². The maximum absolute atomic E-state index is 13.2. The van der Waals surface area contributed by atoms with Gasteiger partial charge in [-0.2, -0.15) is 4.98 Å². The zero-order valence-electron chi connectivity index (χ0n) is 34.1. The van der Waals surface area contributed by atoms with Crippen LogP contribution in [0.3, 0.4) is 0 Å². The molecule has 1 amide bonds. The fraction of sp³-hybridized carbons (Fsp3) is 0.415. The normalized spacial score (nSPS) is 19.1. The number of amides is 1. The third kappa shape index (κ3) is 8.64. The number of fused-ring (bicyclic) bond motifs is 1. The van der Waals surface area contributed by atoms with Crippen molar-refractivity contribution in [3.05, 3.63) is 112 Å². The number of rotatable bonds is 15. The first-order valence-corrected chi connectivity index (χ1v) is 23.0. The summed E-state index contributed by atoms with van der Waals surface area (Å²) in [6, 6.07) is 25.0. The lowest BCUT2D eigenvalue weighted by atomic mass is 9.80. The average molecular weight is 833 g/mol. The SMILES string of the molecule is COc1ccc(C(OC[C@H]2O[C@@H](n3cnc4c(=O)[nH]c(NC(=O)C(C)C)nc43)[C@@H](O[P+](=O)O)C2O[Si](C)(C)C(C)(C)C)(c2ccccc2)c2ccc(OC)cc2)cc1. The Kier molecular flexibility index (Phi) is 12.7. The van der Waals surface area contributed by atoms with Crippen LogP contribution in [0, 0.1) is 5.92 Å². The average Bonchev–Trinajstić information content (AvgIpc) is 3.76. The number of methoxy groups -OCH3 is 2. The van der Waals surface area contributed by atoms with Crippen LogP contribution in [0.2, 0.25) is 18.1 Å². The van der Waals surface area contributed by atoms with E-state index in [0.29, 0.717) is 11.5 Å². The van der Waals surface area contributed by atoms with E-state index < -0.39 is 58.2 Å². The van der Waals surface area contributed by atoms with Gasteiger partial charge in [0, 0.05) is 10.5 Å². The third-order valence-electron chi connectivity index (χ3n) is 10.8. The Hall–Kier alpha value is -4.80. The lowest BCUT2D eigenvalue weighted by Crippen LogP contribution is -2.50. The van der Waals surface area contributed by atoms with Gasteiger partial charge in [0.1, 0.15) is 29.3 Å². The molecule has 0 bridgehead atoms. The number of aromatic nitrogens is 4. The lowest BCUT2D eigenvalue weighted by molar-refractivity contribution is -0.118. The first-order chi connectivity index (χ1) is 27.5. The van der Waals surface area contributed by atoms with Crippen LogP contribution in [0.25, 0.3) is 11.2 Å². The molecule has 2 unspecified atom stereocenters. The lowest BCUT2D eigenvalue weighted by Gasteiger charge is -2.41. The van der Waals surface area contributed by atoms with Gasteiger partial charge in [-0.3, -0.25) is 24.5 Å². The summed E-state index contributed by atoms with van der Waals surface area (Å²) in [5.41, 5.74) is 0.556. The van der Waals surface area contributed by atoms with Crippen molar-refractivity contribution in [2.24, 2.45) is 5.92 Å². The molecule has 1 aliphatic rings. The Labute approximate surface area is 339 Å². The molecule has 5 atom stereocenters. The molecule has 3 heterocycles. The van der Waals surface area contributed by atoms with Gasteiger partial charge in [-0.15, -0.1) is 9.42 Å². The molecule has 3 N–H and O–H groups in total. The topological polar surface area (TPSA) is 185 Å². The van der Waals surface area contributed by atoms with Gasteiger partial charge in [0.15, 0.2) is 31.8 Å². The summed E-state index contributed by atoms with van der Waals surface area (Å²) in [4.78, 5) is 47.6. The summed E-state index contributed by atoms with van der Waals surface area (Å²) in [5.74, 6) is 0.475. The summed E-state index contributed by atoms with van der Waals surface area (Å²) < 4.78 is 52.1. The van der Waals surface area contributed by atoms with Crippen LogP contribution in [-0.2, 0) is 33.4 Å². The maximum Gasteiger partial charge on any atom is 0.695 e. The number of anilines is 1. The molecule has 1 aliphatic heterocycles. The minimum absolute atomic E-state index is 0.0399. The number of H-pyrrole nitrogens is 1. The maximum atomic E-state index is 13.2. The first kappa shape index (κ1) is 42.8. The van der Waals surface area contributed by atoms with Crippen LogP contribution in [0.5, 0.6) is 11.5 Å². The van der Waals surface area contributed by atoms with E-state index in [1.807, 2.05) is 78.9 Å². The van der Waals surface area contributed by atoms with Gasteiger partial charge in [-0.1, -0.05) is 89.2 Å². The zero-order chi connectivity index (χ0) is 42.0. The number of hydrogen-bond acceptors (Lipinski definition) is 11. The molecule has 15 nitrogen and oxygen atoms in total. The van der Waals surface area contributed by atoms with Gasteiger partial charge in [0.25, 0.3) is 5.56 Å². The summed E-state index contributed by atoms with van der Waals surface area (Å²) in [5, 5.41) is 2.34. The second kappa shape index (κ2) is 17.2. The highest BCUT2D eigenvalue weighted by Crippen LogP contribution is 2.47. The van der Waals surface area contributed by atoms with E-state index >= 15 is 0 Å². The molecule has 17 heteroatoms. The van der Waals surface area contributed by atoms with Crippen molar-refractivity contribution in [1.82, 2.24) is 19.5 Å². The number of ether oxygens (including phenoxy) is 4. The highest BCUT2D eigenvalue weighted by Gasteiger charge is 2.56. The largest absolute Gasteiger partial charge is 0.695 e. The Morgan fingerprint density at radius 1 is 0.948 bits per heavy atom. The Balaban J connectivity index is 1.51.